The van der Waals surface area contributed by atoms with E-state index in [1.165, 1.54) is 0 Å². The van der Waals surface area contributed by atoms with Gasteiger partial charge >= 0.3 is 0 Å². The smallest absolute Gasteiger partial charge is 0.229 e. The summed E-state index contributed by atoms with van der Waals surface area (Å²) in [6.45, 7) is 1.87. The van der Waals surface area contributed by atoms with E-state index < -0.39 is 5.97 Å². The van der Waals surface area contributed by atoms with Gasteiger partial charge in [0.25, 0.3) is 0 Å². The lowest BCUT2D eigenvalue weighted by Crippen LogP contribution is -2.24. The summed E-state index contributed by atoms with van der Waals surface area (Å²) in [5.41, 5.74) is 2.84. The fourth-order valence-corrected chi connectivity index (χ4v) is 2.25. The number of halogens is 2. The lowest BCUT2D eigenvalue weighted by Gasteiger charge is -2.22. The minimum absolute atomic E-state index is 0.0708. The van der Waals surface area contributed by atoms with Gasteiger partial charge in [-0.2, -0.15) is 4.39 Å². The van der Waals surface area contributed by atoms with E-state index in [1.807, 2.05) is 20.0 Å². The van der Waals surface area contributed by atoms with Gasteiger partial charge in [0.15, 0.2) is 0 Å². The molecule has 0 saturated carbocycles. The summed E-state index contributed by atoms with van der Waals surface area (Å²) in [6.07, 6.45) is 6.67. The number of nitrogens with one attached hydrogen (secondary N) is 2. The van der Waals surface area contributed by atoms with Crippen molar-refractivity contribution in [1.29, 1.82) is 0 Å². The SMILES string of the molecule is CNC1=CCCC(NC2=C(Cl)C(F)=NC(C)C2)=C1. The zero-order valence-corrected chi connectivity index (χ0v) is 11.3. The second kappa shape index (κ2) is 5.57. The molecule has 1 unspecified atom stereocenters. The molecule has 2 rings (SSSR count). The highest BCUT2D eigenvalue weighted by Crippen LogP contribution is 2.25. The summed E-state index contributed by atoms with van der Waals surface area (Å²) in [5, 5.41) is 6.44. The Bertz CT molecular complexity index is 463. The molecule has 5 heteroatoms. The molecular formula is C13H17ClFN3. The van der Waals surface area contributed by atoms with E-state index in [2.05, 4.69) is 21.7 Å². The fraction of sp³-hybridized carbons (Fsp3) is 0.462. The van der Waals surface area contributed by atoms with Crippen molar-refractivity contribution in [3.63, 3.8) is 0 Å². The molecule has 0 aromatic rings. The van der Waals surface area contributed by atoms with Crippen molar-refractivity contribution in [1.82, 2.24) is 10.6 Å². The van der Waals surface area contributed by atoms with Crippen LogP contribution in [0.2, 0.25) is 0 Å². The van der Waals surface area contributed by atoms with E-state index in [0.29, 0.717) is 6.42 Å². The monoisotopic (exact) mass is 269 g/mol. The second-order valence-electron chi connectivity index (χ2n) is 4.51. The van der Waals surface area contributed by atoms with Crippen LogP contribution in [-0.4, -0.2) is 19.1 Å². The van der Waals surface area contributed by atoms with Gasteiger partial charge < -0.3 is 10.6 Å². The normalized spacial score (nSPS) is 24.2. The van der Waals surface area contributed by atoms with Gasteiger partial charge in [0.2, 0.25) is 5.97 Å². The molecule has 1 heterocycles. The van der Waals surface area contributed by atoms with Gasteiger partial charge in [-0.05, 0) is 25.8 Å². The third-order valence-electron chi connectivity index (χ3n) is 2.99. The first-order valence-electron chi connectivity index (χ1n) is 6.08. The molecule has 0 bridgehead atoms. The third-order valence-corrected chi connectivity index (χ3v) is 3.37. The van der Waals surface area contributed by atoms with Crippen LogP contribution in [0, 0.1) is 0 Å². The van der Waals surface area contributed by atoms with Crippen LogP contribution in [0.3, 0.4) is 0 Å². The van der Waals surface area contributed by atoms with Crippen LogP contribution >= 0.6 is 11.6 Å². The standard InChI is InChI=1S/C13H17ClFN3/c1-8-6-11(12(14)13(15)17-8)18-10-5-3-4-9(7-10)16-2/h4,7-8,16,18H,3,5-6H2,1-2H3. The van der Waals surface area contributed by atoms with E-state index in [-0.39, 0.29) is 11.1 Å². The lowest BCUT2D eigenvalue weighted by molar-refractivity contribution is 0.646. The molecule has 98 valence electrons. The van der Waals surface area contributed by atoms with Gasteiger partial charge in [-0.1, -0.05) is 17.7 Å². The average molecular weight is 270 g/mol. The Morgan fingerprint density at radius 3 is 3.00 bits per heavy atom. The van der Waals surface area contributed by atoms with Crippen LogP contribution in [0.4, 0.5) is 4.39 Å². The van der Waals surface area contributed by atoms with Crippen molar-refractivity contribution in [2.75, 3.05) is 7.05 Å². The molecule has 3 nitrogen and oxygen atoms in total. The maximum atomic E-state index is 13.5. The molecule has 0 radical (unpaired) electrons. The summed E-state index contributed by atoms with van der Waals surface area (Å²) in [7, 11) is 1.88. The number of nitrogens with zero attached hydrogens (tertiary/aromatic N) is 1. The Morgan fingerprint density at radius 2 is 2.28 bits per heavy atom. The topological polar surface area (TPSA) is 36.4 Å². The van der Waals surface area contributed by atoms with Gasteiger partial charge in [0.1, 0.15) is 5.03 Å². The van der Waals surface area contributed by atoms with Crippen LogP contribution in [0.5, 0.6) is 0 Å². The lowest BCUT2D eigenvalue weighted by atomic mass is 10.1. The van der Waals surface area contributed by atoms with Crippen molar-refractivity contribution in [2.45, 2.75) is 32.2 Å². The summed E-state index contributed by atoms with van der Waals surface area (Å²) >= 11 is 5.94. The van der Waals surface area contributed by atoms with Gasteiger partial charge in [0.05, 0.1) is 6.04 Å². The molecule has 0 amide bonds. The van der Waals surface area contributed by atoms with Crippen LogP contribution in [0.25, 0.3) is 0 Å². The van der Waals surface area contributed by atoms with E-state index in [0.717, 1.165) is 29.9 Å². The van der Waals surface area contributed by atoms with Gasteiger partial charge in [0, 0.05) is 30.6 Å². The maximum absolute atomic E-state index is 13.5. The second-order valence-corrected chi connectivity index (χ2v) is 4.89. The van der Waals surface area contributed by atoms with Gasteiger partial charge in [-0.15, -0.1) is 0 Å². The summed E-state index contributed by atoms with van der Waals surface area (Å²) in [6, 6.07) is -0.0708. The van der Waals surface area contributed by atoms with Crippen LogP contribution in [-0.2, 0) is 0 Å². The zero-order chi connectivity index (χ0) is 13.1. The van der Waals surface area contributed by atoms with Crippen LogP contribution < -0.4 is 10.6 Å². The van der Waals surface area contributed by atoms with E-state index in [4.69, 9.17) is 11.6 Å². The molecule has 1 aliphatic carbocycles. The quantitative estimate of drug-likeness (QED) is 0.826. The highest BCUT2D eigenvalue weighted by molar-refractivity contribution is 6.42. The van der Waals surface area contributed by atoms with Crippen LogP contribution in [0.1, 0.15) is 26.2 Å². The summed E-state index contributed by atoms with van der Waals surface area (Å²) < 4.78 is 13.5. The predicted molar refractivity (Wildman–Crippen MR) is 73.1 cm³/mol. The number of rotatable bonds is 3. The van der Waals surface area contributed by atoms with Crippen LogP contribution in [0.15, 0.2) is 39.3 Å². The molecule has 0 aromatic carbocycles. The van der Waals surface area contributed by atoms with Crippen molar-refractivity contribution in [3.05, 3.63) is 34.3 Å². The van der Waals surface area contributed by atoms with Crippen molar-refractivity contribution >= 4 is 17.6 Å². The molecule has 1 atom stereocenters. The maximum Gasteiger partial charge on any atom is 0.229 e. The Kier molecular flexibility index (Phi) is 4.07. The number of likely N-dealkylation sites (N-methyl/N-ethyl adjacent to an activating group) is 1. The largest absolute Gasteiger partial charge is 0.388 e. The molecular weight excluding hydrogens is 253 g/mol. The number of hydrogen-bond donors (Lipinski definition) is 2. The molecule has 0 saturated heterocycles. The number of hydrogen-bond acceptors (Lipinski definition) is 3. The summed E-state index contributed by atoms with van der Waals surface area (Å²) in [4.78, 5) is 3.82. The molecule has 0 spiro atoms. The van der Waals surface area contributed by atoms with Crippen molar-refractivity contribution in [2.24, 2.45) is 4.99 Å². The predicted octanol–water partition coefficient (Wildman–Crippen LogP) is 2.97. The Morgan fingerprint density at radius 1 is 1.50 bits per heavy atom. The Hall–Kier alpha value is -1.29. The molecule has 0 aromatic heterocycles. The molecule has 18 heavy (non-hydrogen) atoms. The molecule has 2 aliphatic rings. The molecule has 1 aliphatic heterocycles. The van der Waals surface area contributed by atoms with E-state index >= 15 is 0 Å². The highest BCUT2D eigenvalue weighted by Gasteiger charge is 2.21. The Labute approximate surface area is 112 Å². The van der Waals surface area contributed by atoms with Gasteiger partial charge in [-0.25, -0.2) is 0 Å². The Balaban J connectivity index is 2.15. The first kappa shape index (κ1) is 13.1. The van der Waals surface area contributed by atoms with E-state index in [9.17, 15) is 4.39 Å². The first-order valence-corrected chi connectivity index (χ1v) is 6.45. The zero-order valence-electron chi connectivity index (χ0n) is 10.6. The minimum Gasteiger partial charge on any atom is -0.388 e. The number of allylic oxidation sites excluding steroid dienone is 4. The first-order chi connectivity index (χ1) is 8.60. The molecule has 2 N–H and O–H groups in total. The van der Waals surface area contributed by atoms with Crippen molar-refractivity contribution in [3.8, 4) is 0 Å². The van der Waals surface area contributed by atoms with Crippen molar-refractivity contribution < 1.29 is 4.39 Å². The molecule has 0 fully saturated rings. The highest BCUT2D eigenvalue weighted by atomic mass is 35.5. The fourth-order valence-electron chi connectivity index (χ4n) is 2.08. The van der Waals surface area contributed by atoms with Gasteiger partial charge in [-0.3, -0.25) is 4.99 Å². The summed E-state index contributed by atoms with van der Waals surface area (Å²) in [5.74, 6) is -0.571. The average Bonchev–Trinajstić information content (AvgIpc) is 2.35. The number of aliphatic imine (C=N–C) groups is 1. The number of dihydropyridines is 1. The minimum atomic E-state index is -0.571. The van der Waals surface area contributed by atoms with E-state index in [1.54, 1.807) is 0 Å². The third kappa shape index (κ3) is 2.93.